The zero-order valence-electron chi connectivity index (χ0n) is 7.73. The maximum atomic E-state index is 11.5. The molecule has 1 unspecified atom stereocenters. The Kier molecular flexibility index (Phi) is 2.99. The third-order valence-electron chi connectivity index (χ3n) is 1.84. The highest BCUT2D eigenvalue weighted by atomic mass is 16.4. The molecule has 1 atom stereocenters. The summed E-state index contributed by atoms with van der Waals surface area (Å²) in [6.07, 6.45) is 0. The molecular weight excluding hydrogens is 182 g/mol. The minimum absolute atomic E-state index is 0.00481. The van der Waals surface area contributed by atoms with Gasteiger partial charge in [0.15, 0.2) is 5.78 Å². The summed E-state index contributed by atoms with van der Waals surface area (Å²) in [5.41, 5.74) is 5.55. The van der Waals surface area contributed by atoms with Crippen LogP contribution in [0.5, 0.6) is 0 Å². The second-order valence-corrected chi connectivity index (χ2v) is 3.00. The molecule has 1 aromatic rings. The SMILES string of the molecule is CC(N)C(=O)c1ccccc1C(=O)O. The predicted molar refractivity (Wildman–Crippen MR) is 51.4 cm³/mol. The number of carboxylic acids is 1. The van der Waals surface area contributed by atoms with Gasteiger partial charge in [-0.05, 0) is 13.0 Å². The fourth-order valence-corrected chi connectivity index (χ4v) is 1.13. The van der Waals surface area contributed by atoms with Crippen molar-refractivity contribution in [2.45, 2.75) is 13.0 Å². The molecule has 1 rings (SSSR count). The molecule has 0 saturated heterocycles. The number of benzene rings is 1. The smallest absolute Gasteiger partial charge is 0.336 e. The average molecular weight is 193 g/mol. The lowest BCUT2D eigenvalue weighted by Crippen LogP contribution is -2.28. The molecule has 0 saturated carbocycles. The van der Waals surface area contributed by atoms with E-state index >= 15 is 0 Å². The number of ketones is 1. The van der Waals surface area contributed by atoms with E-state index in [1.807, 2.05) is 0 Å². The van der Waals surface area contributed by atoms with Crippen LogP contribution in [0.25, 0.3) is 0 Å². The first kappa shape index (κ1) is 10.4. The van der Waals surface area contributed by atoms with Gasteiger partial charge in [-0.1, -0.05) is 18.2 Å². The Balaban J connectivity index is 3.20. The van der Waals surface area contributed by atoms with Gasteiger partial charge in [-0.15, -0.1) is 0 Å². The van der Waals surface area contributed by atoms with E-state index in [1.165, 1.54) is 19.1 Å². The normalized spacial score (nSPS) is 12.1. The van der Waals surface area contributed by atoms with Gasteiger partial charge in [0.25, 0.3) is 0 Å². The minimum atomic E-state index is -1.12. The third kappa shape index (κ3) is 1.97. The van der Waals surface area contributed by atoms with E-state index < -0.39 is 12.0 Å². The number of Topliss-reactive ketones (excluding diaryl/α,β-unsaturated/α-hetero) is 1. The van der Waals surface area contributed by atoms with Crippen molar-refractivity contribution in [1.82, 2.24) is 0 Å². The molecule has 0 fully saturated rings. The molecule has 0 heterocycles. The molecule has 0 radical (unpaired) electrons. The molecular formula is C10H11NO3. The van der Waals surface area contributed by atoms with E-state index in [9.17, 15) is 9.59 Å². The lowest BCUT2D eigenvalue weighted by Gasteiger charge is -2.06. The Morgan fingerprint density at radius 2 is 1.79 bits per heavy atom. The zero-order chi connectivity index (χ0) is 10.7. The molecule has 0 aromatic heterocycles. The molecule has 4 nitrogen and oxygen atoms in total. The van der Waals surface area contributed by atoms with E-state index in [0.29, 0.717) is 0 Å². The molecule has 0 bridgehead atoms. The third-order valence-corrected chi connectivity index (χ3v) is 1.84. The van der Waals surface area contributed by atoms with Gasteiger partial charge < -0.3 is 10.8 Å². The number of carbonyl (C=O) groups excluding carboxylic acids is 1. The summed E-state index contributed by atoms with van der Waals surface area (Å²) in [6.45, 7) is 1.53. The Morgan fingerprint density at radius 1 is 1.29 bits per heavy atom. The fraction of sp³-hybridized carbons (Fsp3) is 0.200. The van der Waals surface area contributed by atoms with E-state index in [-0.39, 0.29) is 16.9 Å². The highest BCUT2D eigenvalue weighted by Crippen LogP contribution is 2.10. The van der Waals surface area contributed by atoms with Gasteiger partial charge in [-0.3, -0.25) is 4.79 Å². The minimum Gasteiger partial charge on any atom is -0.478 e. The first-order chi connectivity index (χ1) is 6.54. The fourth-order valence-electron chi connectivity index (χ4n) is 1.13. The molecule has 0 aliphatic carbocycles. The number of hydrogen-bond donors (Lipinski definition) is 2. The van der Waals surface area contributed by atoms with E-state index in [4.69, 9.17) is 10.8 Å². The molecule has 0 spiro atoms. The van der Waals surface area contributed by atoms with Gasteiger partial charge in [0, 0.05) is 5.56 Å². The van der Waals surface area contributed by atoms with Crippen LogP contribution in [0.4, 0.5) is 0 Å². The number of carboxylic acid groups (broad SMARTS) is 1. The quantitative estimate of drug-likeness (QED) is 0.699. The summed E-state index contributed by atoms with van der Waals surface area (Å²) in [5, 5.41) is 8.80. The lowest BCUT2D eigenvalue weighted by molar-refractivity contribution is 0.0691. The van der Waals surface area contributed by atoms with Crippen LogP contribution in [0, 0.1) is 0 Å². The van der Waals surface area contributed by atoms with Crippen molar-refractivity contribution in [3.63, 3.8) is 0 Å². The van der Waals surface area contributed by atoms with Crippen LogP contribution in [-0.2, 0) is 0 Å². The Hall–Kier alpha value is -1.68. The highest BCUT2D eigenvalue weighted by Gasteiger charge is 2.17. The summed E-state index contributed by atoms with van der Waals surface area (Å²) < 4.78 is 0. The Morgan fingerprint density at radius 3 is 2.21 bits per heavy atom. The molecule has 0 amide bonds. The van der Waals surface area contributed by atoms with Gasteiger partial charge in [-0.25, -0.2) is 4.79 Å². The first-order valence-electron chi connectivity index (χ1n) is 4.16. The Labute approximate surface area is 81.3 Å². The van der Waals surface area contributed by atoms with Gasteiger partial charge in [0.2, 0.25) is 0 Å². The van der Waals surface area contributed by atoms with E-state index in [1.54, 1.807) is 12.1 Å². The summed E-state index contributed by atoms with van der Waals surface area (Å²) >= 11 is 0. The summed E-state index contributed by atoms with van der Waals surface area (Å²) in [5.74, 6) is -1.47. The summed E-state index contributed by atoms with van der Waals surface area (Å²) in [4.78, 5) is 22.2. The molecule has 1 aromatic carbocycles. The van der Waals surface area contributed by atoms with Gasteiger partial charge in [-0.2, -0.15) is 0 Å². The molecule has 0 aliphatic rings. The van der Waals surface area contributed by atoms with Crippen LogP contribution >= 0.6 is 0 Å². The van der Waals surface area contributed by atoms with E-state index in [0.717, 1.165) is 0 Å². The summed E-state index contributed by atoms with van der Waals surface area (Å²) in [7, 11) is 0. The van der Waals surface area contributed by atoms with Crippen LogP contribution in [-0.4, -0.2) is 22.9 Å². The number of carbonyl (C=O) groups is 2. The molecule has 4 heteroatoms. The molecule has 0 aliphatic heterocycles. The highest BCUT2D eigenvalue weighted by molar-refractivity contribution is 6.07. The topological polar surface area (TPSA) is 80.4 Å². The predicted octanol–water partition coefficient (Wildman–Crippen LogP) is 0.915. The maximum absolute atomic E-state index is 11.5. The second kappa shape index (κ2) is 4.02. The van der Waals surface area contributed by atoms with Crippen LogP contribution in [0.15, 0.2) is 24.3 Å². The van der Waals surface area contributed by atoms with Crippen molar-refractivity contribution < 1.29 is 14.7 Å². The van der Waals surface area contributed by atoms with Crippen molar-refractivity contribution in [2.75, 3.05) is 0 Å². The van der Waals surface area contributed by atoms with Crippen LogP contribution in [0.1, 0.15) is 27.6 Å². The van der Waals surface area contributed by atoms with Crippen LogP contribution in [0.2, 0.25) is 0 Å². The number of nitrogens with two attached hydrogens (primary N) is 1. The zero-order valence-corrected chi connectivity index (χ0v) is 7.73. The van der Waals surface area contributed by atoms with Crippen molar-refractivity contribution in [1.29, 1.82) is 0 Å². The van der Waals surface area contributed by atoms with Crippen molar-refractivity contribution in [3.8, 4) is 0 Å². The average Bonchev–Trinajstić information content (AvgIpc) is 2.16. The maximum Gasteiger partial charge on any atom is 0.336 e. The molecule has 14 heavy (non-hydrogen) atoms. The van der Waals surface area contributed by atoms with Gasteiger partial charge in [0.1, 0.15) is 0 Å². The first-order valence-corrected chi connectivity index (χ1v) is 4.16. The number of rotatable bonds is 3. The largest absolute Gasteiger partial charge is 0.478 e. The Bertz CT molecular complexity index is 371. The van der Waals surface area contributed by atoms with Crippen LogP contribution < -0.4 is 5.73 Å². The van der Waals surface area contributed by atoms with Crippen molar-refractivity contribution >= 4 is 11.8 Å². The van der Waals surface area contributed by atoms with Crippen molar-refractivity contribution in [3.05, 3.63) is 35.4 Å². The van der Waals surface area contributed by atoms with Crippen LogP contribution in [0.3, 0.4) is 0 Å². The number of aromatic carboxylic acids is 1. The van der Waals surface area contributed by atoms with Gasteiger partial charge in [0.05, 0.1) is 11.6 Å². The summed E-state index contributed by atoms with van der Waals surface area (Å²) in [6, 6.07) is 5.35. The lowest BCUT2D eigenvalue weighted by atomic mass is 10.0. The monoisotopic (exact) mass is 193 g/mol. The van der Waals surface area contributed by atoms with Gasteiger partial charge >= 0.3 is 5.97 Å². The van der Waals surface area contributed by atoms with Crippen molar-refractivity contribution in [2.24, 2.45) is 5.73 Å². The second-order valence-electron chi connectivity index (χ2n) is 3.00. The molecule has 74 valence electrons. The van der Waals surface area contributed by atoms with E-state index in [2.05, 4.69) is 0 Å². The standard InChI is InChI=1S/C10H11NO3/c1-6(11)9(12)7-4-2-3-5-8(7)10(13)14/h2-6H,11H2,1H3,(H,13,14). The molecule has 3 N–H and O–H groups in total. The number of hydrogen-bond acceptors (Lipinski definition) is 3.